The molecule has 0 N–H and O–H groups in total. The molecule has 7 heteroatoms. The lowest BCUT2D eigenvalue weighted by atomic mass is 10.1. The number of nitrogens with zero attached hydrogens (tertiary/aromatic N) is 1. The SMILES string of the molecule is CCOC(=O)c1ccc(N(Cc2ccc(Cl)cc2Cl)C(=O)c2cccc(C)c2OC)cc1. The van der Waals surface area contributed by atoms with Gasteiger partial charge in [0, 0.05) is 15.7 Å². The van der Waals surface area contributed by atoms with Crippen molar-refractivity contribution in [3.05, 3.63) is 93.0 Å². The number of esters is 1. The van der Waals surface area contributed by atoms with Crippen LogP contribution in [0.15, 0.2) is 60.7 Å². The minimum Gasteiger partial charge on any atom is -0.496 e. The van der Waals surface area contributed by atoms with Gasteiger partial charge in [-0.3, -0.25) is 4.79 Å². The Morgan fingerprint density at radius 1 is 1.00 bits per heavy atom. The minimum absolute atomic E-state index is 0.199. The maximum atomic E-state index is 13.7. The van der Waals surface area contributed by atoms with Gasteiger partial charge in [-0.05, 0) is 67.4 Å². The zero-order valence-electron chi connectivity index (χ0n) is 18.0. The van der Waals surface area contributed by atoms with Crippen LogP contribution in [0.25, 0.3) is 0 Å². The van der Waals surface area contributed by atoms with Crippen molar-refractivity contribution in [2.75, 3.05) is 18.6 Å². The largest absolute Gasteiger partial charge is 0.496 e. The van der Waals surface area contributed by atoms with Crippen LogP contribution in [-0.4, -0.2) is 25.6 Å². The highest BCUT2D eigenvalue weighted by atomic mass is 35.5. The molecule has 0 atom stereocenters. The molecule has 0 radical (unpaired) electrons. The average molecular weight is 472 g/mol. The first-order valence-electron chi connectivity index (χ1n) is 10.0. The highest BCUT2D eigenvalue weighted by molar-refractivity contribution is 6.35. The summed E-state index contributed by atoms with van der Waals surface area (Å²) in [5, 5.41) is 0.963. The molecule has 3 aromatic rings. The zero-order valence-corrected chi connectivity index (χ0v) is 19.5. The minimum atomic E-state index is -0.418. The van der Waals surface area contributed by atoms with Gasteiger partial charge < -0.3 is 14.4 Å². The van der Waals surface area contributed by atoms with Crippen LogP contribution < -0.4 is 9.64 Å². The van der Waals surface area contributed by atoms with E-state index < -0.39 is 5.97 Å². The number of amides is 1. The molecule has 0 aliphatic heterocycles. The first-order valence-corrected chi connectivity index (χ1v) is 10.8. The van der Waals surface area contributed by atoms with Crippen LogP contribution in [0.3, 0.4) is 0 Å². The Labute approximate surface area is 197 Å². The lowest BCUT2D eigenvalue weighted by Gasteiger charge is -2.25. The molecule has 5 nitrogen and oxygen atoms in total. The molecule has 0 aliphatic rings. The van der Waals surface area contributed by atoms with Crippen molar-refractivity contribution < 1.29 is 19.1 Å². The fourth-order valence-electron chi connectivity index (χ4n) is 3.33. The molecule has 0 unspecified atom stereocenters. The number of methoxy groups -OCH3 is 1. The molecule has 32 heavy (non-hydrogen) atoms. The Bertz CT molecular complexity index is 1130. The van der Waals surface area contributed by atoms with E-state index in [9.17, 15) is 9.59 Å². The van der Waals surface area contributed by atoms with Gasteiger partial charge in [-0.25, -0.2) is 4.79 Å². The smallest absolute Gasteiger partial charge is 0.338 e. The first-order chi connectivity index (χ1) is 15.3. The Morgan fingerprint density at radius 2 is 1.72 bits per heavy atom. The van der Waals surface area contributed by atoms with E-state index in [1.165, 1.54) is 7.11 Å². The van der Waals surface area contributed by atoms with Crippen LogP contribution in [0.4, 0.5) is 5.69 Å². The number of carbonyl (C=O) groups is 2. The second-order valence-electron chi connectivity index (χ2n) is 7.05. The van der Waals surface area contributed by atoms with Gasteiger partial charge >= 0.3 is 5.97 Å². The molecule has 0 aromatic heterocycles. The van der Waals surface area contributed by atoms with Crippen LogP contribution in [0.2, 0.25) is 10.0 Å². The molecule has 1 amide bonds. The van der Waals surface area contributed by atoms with Crippen molar-refractivity contribution >= 4 is 40.8 Å². The molecule has 0 spiro atoms. The topological polar surface area (TPSA) is 55.8 Å². The standard InChI is InChI=1S/C25H23Cl2NO4/c1-4-32-25(30)17-9-12-20(13-10-17)28(15-18-8-11-19(26)14-22(18)27)24(29)21-7-5-6-16(2)23(21)31-3/h5-14H,4,15H2,1-3H3. The van der Waals surface area contributed by atoms with Crippen molar-refractivity contribution in [2.24, 2.45) is 0 Å². The number of ether oxygens (including phenoxy) is 2. The summed E-state index contributed by atoms with van der Waals surface area (Å²) in [6, 6.07) is 17.2. The maximum absolute atomic E-state index is 13.7. The fourth-order valence-corrected chi connectivity index (χ4v) is 3.80. The van der Waals surface area contributed by atoms with Crippen LogP contribution >= 0.6 is 23.2 Å². The molecular weight excluding hydrogens is 449 g/mol. The Kier molecular flexibility index (Phi) is 7.78. The Hall–Kier alpha value is -3.02. The third-order valence-corrected chi connectivity index (χ3v) is 5.51. The predicted octanol–water partition coefficient (Wildman–Crippen LogP) is 6.33. The van der Waals surface area contributed by atoms with Gasteiger partial charge in [0.25, 0.3) is 5.91 Å². The number of para-hydroxylation sites is 1. The number of anilines is 1. The quantitative estimate of drug-likeness (QED) is 0.377. The number of hydrogen-bond donors (Lipinski definition) is 0. The van der Waals surface area contributed by atoms with Gasteiger partial charge in [0.1, 0.15) is 5.75 Å². The van der Waals surface area contributed by atoms with E-state index in [-0.39, 0.29) is 19.1 Å². The van der Waals surface area contributed by atoms with Crippen molar-refractivity contribution in [3.63, 3.8) is 0 Å². The molecule has 0 fully saturated rings. The van der Waals surface area contributed by atoms with E-state index in [4.69, 9.17) is 32.7 Å². The second kappa shape index (κ2) is 10.5. The maximum Gasteiger partial charge on any atom is 0.338 e. The first kappa shape index (κ1) is 23.6. The van der Waals surface area contributed by atoms with Crippen molar-refractivity contribution in [1.29, 1.82) is 0 Å². The Balaban J connectivity index is 2.04. The molecule has 166 valence electrons. The normalized spacial score (nSPS) is 10.5. The Morgan fingerprint density at radius 3 is 2.34 bits per heavy atom. The van der Waals surface area contributed by atoms with Crippen LogP contribution in [0, 0.1) is 6.92 Å². The van der Waals surface area contributed by atoms with E-state index in [0.29, 0.717) is 32.6 Å². The number of rotatable bonds is 7. The van der Waals surface area contributed by atoms with Gasteiger partial charge in [0.15, 0.2) is 0 Å². The van der Waals surface area contributed by atoms with Crippen LogP contribution in [0.1, 0.15) is 38.8 Å². The molecule has 0 saturated heterocycles. The van der Waals surface area contributed by atoms with E-state index in [1.807, 2.05) is 19.1 Å². The van der Waals surface area contributed by atoms with Crippen molar-refractivity contribution in [1.82, 2.24) is 0 Å². The fraction of sp³-hybridized carbons (Fsp3) is 0.200. The second-order valence-corrected chi connectivity index (χ2v) is 7.89. The van der Waals surface area contributed by atoms with Crippen LogP contribution in [0.5, 0.6) is 5.75 Å². The lowest BCUT2D eigenvalue weighted by Crippen LogP contribution is -2.31. The van der Waals surface area contributed by atoms with Gasteiger partial charge in [-0.2, -0.15) is 0 Å². The number of carbonyl (C=O) groups excluding carboxylic acids is 2. The molecule has 3 rings (SSSR count). The summed E-state index contributed by atoms with van der Waals surface area (Å²) in [7, 11) is 1.54. The number of hydrogen-bond acceptors (Lipinski definition) is 4. The summed E-state index contributed by atoms with van der Waals surface area (Å²) in [5.41, 5.74) is 3.00. The lowest BCUT2D eigenvalue weighted by molar-refractivity contribution is 0.0526. The van der Waals surface area contributed by atoms with Crippen LogP contribution in [-0.2, 0) is 11.3 Å². The summed E-state index contributed by atoms with van der Waals surface area (Å²) < 4.78 is 10.5. The molecule has 0 bridgehead atoms. The van der Waals surface area contributed by atoms with Gasteiger partial charge in [-0.15, -0.1) is 0 Å². The molecule has 0 heterocycles. The monoisotopic (exact) mass is 471 g/mol. The zero-order chi connectivity index (χ0) is 23.3. The summed E-state index contributed by atoms with van der Waals surface area (Å²) in [6.07, 6.45) is 0. The van der Waals surface area contributed by atoms with Gasteiger partial charge in [0.2, 0.25) is 0 Å². The van der Waals surface area contributed by atoms with E-state index in [1.54, 1.807) is 60.4 Å². The number of halogens is 2. The van der Waals surface area contributed by atoms with Crippen molar-refractivity contribution in [3.8, 4) is 5.75 Å². The van der Waals surface area contributed by atoms with Gasteiger partial charge in [-0.1, -0.05) is 41.4 Å². The third kappa shape index (κ3) is 5.23. The summed E-state index contributed by atoms with van der Waals surface area (Å²) in [5.74, 6) is -0.175. The molecule has 3 aromatic carbocycles. The predicted molar refractivity (Wildman–Crippen MR) is 127 cm³/mol. The van der Waals surface area contributed by atoms with E-state index in [0.717, 1.165) is 11.1 Å². The highest BCUT2D eigenvalue weighted by Gasteiger charge is 2.23. The van der Waals surface area contributed by atoms with Crippen molar-refractivity contribution in [2.45, 2.75) is 20.4 Å². The number of benzene rings is 3. The number of aryl methyl sites for hydroxylation is 1. The molecule has 0 aliphatic carbocycles. The summed E-state index contributed by atoms with van der Waals surface area (Å²) in [6.45, 7) is 4.11. The molecular formula is C25H23Cl2NO4. The summed E-state index contributed by atoms with van der Waals surface area (Å²) >= 11 is 12.4. The van der Waals surface area contributed by atoms with Gasteiger partial charge in [0.05, 0.1) is 31.4 Å². The summed E-state index contributed by atoms with van der Waals surface area (Å²) in [4.78, 5) is 27.3. The van der Waals surface area contributed by atoms with E-state index >= 15 is 0 Å². The third-order valence-electron chi connectivity index (χ3n) is 4.93. The highest BCUT2D eigenvalue weighted by Crippen LogP contribution is 2.30. The van der Waals surface area contributed by atoms with E-state index in [2.05, 4.69) is 0 Å². The molecule has 0 saturated carbocycles. The average Bonchev–Trinajstić information content (AvgIpc) is 2.78.